The van der Waals surface area contributed by atoms with Crippen LogP contribution in [0.4, 0.5) is 0 Å². The number of hydrogen-bond acceptors (Lipinski definition) is 5. The molecule has 4 aromatic rings. The van der Waals surface area contributed by atoms with E-state index in [2.05, 4.69) is 15.1 Å². The highest BCUT2D eigenvalue weighted by molar-refractivity contribution is 5.91. The van der Waals surface area contributed by atoms with Crippen LogP contribution in [0, 0.1) is 0 Å². The number of nitrogens with one attached hydrogen (secondary N) is 1. The van der Waals surface area contributed by atoms with Gasteiger partial charge in [-0.25, -0.2) is 9.67 Å². The van der Waals surface area contributed by atoms with E-state index in [1.165, 1.54) is 4.68 Å². The predicted octanol–water partition coefficient (Wildman–Crippen LogP) is 2.34. The molecule has 0 spiro atoms. The van der Waals surface area contributed by atoms with E-state index in [9.17, 15) is 9.59 Å². The molecule has 0 bridgehead atoms. The van der Waals surface area contributed by atoms with Crippen molar-refractivity contribution in [1.29, 1.82) is 0 Å². The number of nitrogens with zero attached hydrogens (tertiary/aromatic N) is 3. The Balaban J connectivity index is 2.00. The summed E-state index contributed by atoms with van der Waals surface area (Å²) in [6, 6.07) is 16.7. The Morgan fingerprint density at radius 1 is 1.14 bits per heavy atom. The van der Waals surface area contributed by atoms with Gasteiger partial charge in [-0.2, -0.15) is 5.10 Å². The van der Waals surface area contributed by atoms with Gasteiger partial charge in [0.15, 0.2) is 5.52 Å². The zero-order valence-corrected chi connectivity index (χ0v) is 15.8. The molecule has 8 nitrogen and oxygen atoms in total. The lowest BCUT2D eigenvalue weighted by Gasteiger charge is -2.09. The maximum absolute atomic E-state index is 12.9. The quantitative estimate of drug-likeness (QED) is 0.525. The molecule has 29 heavy (non-hydrogen) atoms. The molecule has 2 aromatic carbocycles. The maximum Gasteiger partial charge on any atom is 0.277 e. The number of fused-ring (bicyclic) bond motifs is 1. The van der Waals surface area contributed by atoms with Crippen LogP contribution >= 0.6 is 0 Å². The minimum Gasteiger partial charge on any atom is -0.493 e. The summed E-state index contributed by atoms with van der Waals surface area (Å²) in [4.78, 5) is 31.9. The Morgan fingerprint density at radius 3 is 2.59 bits per heavy atom. The van der Waals surface area contributed by atoms with Gasteiger partial charge in [0.05, 0.1) is 12.2 Å². The summed E-state index contributed by atoms with van der Waals surface area (Å²) in [5.41, 5.74) is 7.46. The van der Waals surface area contributed by atoms with Crippen molar-refractivity contribution in [2.24, 2.45) is 5.73 Å². The van der Waals surface area contributed by atoms with Crippen LogP contribution in [0.5, 0.6) is 5.75 Å². The fourth-order valence-corrected chi connectivity index (χ4v) is 3.21. The topological polar surface area (TPSA) is 116 Å². The van der Waals surface area contributed by atoms with E-state index >= 15 is 0 Å². The number of benzene rings is 2. The van der Waals surface area contributed by atoms with Gasteiger partial charge in [-0.05, 0) is 19.1 Å². The lowest BCUT2D eigenvalue weighted by Crippen LogP contribution is -2.22. The monoisotopic (exact) mass is 389 g/mol. The largest absolute Gasteiger partial charge is 0.493 e. The molecule has 0 aliphatic rings. The second-order valence-corrected chi connectivity index (χ2v) is 6.38. The third-order valence-electron chi connectivity index (χ3n) is 4.39. The summed E-state index contributed by atoms with van der Waals surface area (Å²) in [5.74, 6) is 0.379. The number of nitrogens with two attached hydrogens (primary N) is 1. The van der Waals surface area contributed by atoms with Crippen LogP contribution in [0.2, 0.25) is 0 Å². The van der Waals surface area contributed by atoms with E-state index in [1.807, 2.05) is 61.5 Å². The molecule has 3 N–H and O–H groups in total. The van der Waals surface area contributed by atoms with Crippen LogP contribution in [-0.4, -0.2) is 32.3 Å². The van der Waals surface area contributed by atoms with Crippen molar-refractivity contribution in [1.82, 2.24) is 19.7 Å². The van der Waals surface area contributed by atoms with E-state index in [0.29, 0.717) is 35.0 Å². The standard InChI is InChI=1S/C21H19N5O3/c1-2-29-15-11-7-6-10-14(15)20-23-18-17(13-8-4-3-5-9-13)25-26(12-16(22)27)19(18)21(28)24-20/h3-11H,2,12H2,1H3,(H2,22,27)(H,23,24,28). The molecular formula is C21H19N5O3. The fourth-order valence-electron chi connectivity index (χ4n) is 3.21. The van der Waals surface area contributed by atoms with Crippen molar-refractivity contribution in [2.75, 3.05) is 6.61 Å². The Bertz CT molecular complexity index is 1240. The number of rotatable bonds is 6. The molecule has 0 fully saturated rings. The van der Waals surface area contributed by atoms with Crippen molar-refractivity contribution in [3.05, 3.63) is 65.0 Å². The first-order chi connectivity index (χ1) is 14.1. The molecule has 4 rings (SSSR count). The number of ether oxygens (including phenoxy) is 1. The summed E-state index contributed by atoms with van der Waals surface area (Å²) in [6.07, 6.45) is 0. The van der Waals surface area contributed by atoms with Gasteiger partial charge in [0.2, 0.25) is 5.91 Å². The van der Waals surface area contributed by atoms with Crippen LogP contribution in [-0.2, 0) is 11.3 Å². The van der Waals surface area contributed by atoms with Gasteiger partial charge in [-0.3, -0.25) is 9.59 Å². The lowest BCUT2D eigenvalue weighted by molar-refractivity contribution is -0.118. The third kappa shape index (κ3) is 3.47. The summed E-state index contributed by atoms with van der Waals surface area (Å²) >= 11 is 0. The van der Waals surface area contributed by atoms with Crippen LogP contribution in [0.3, 0.4) is 0 Å². The minimum absolute atomic E-state index is 0.195. The van der Waals surface area contributed by atoms with Crippen LogP contribution in [0.1, 0.15) is 6.92 Å². The first-order valence-electron chi connectivity index (χ1n) is 9.15. The molecule has 0 radical (unpaired) electrons. The molecule has 0 unspecified atom stereocenters. The highest BCUT2D eigenvalue weighted by Crippen LogP contribution is 2.30. The highest BCUT2D eigenvalue weighted by Gasteiger charge is 2.20. The van der Waals surface area contributed by atoms with E-state index < -0.39 is 11.5 Å². The average Bonchev–Trinajstić information content (AvgIpc) is 3.07. The fraction of sp³-hybridized carbons (Fsp3) is 0.143. The first kappa shape index (κ1) is 18.4. The van der Waals surface area contributed by atoms with Crippen LogP contribution in [0.15, 0.2) is 59.4 Å². The Hall–Kier alpha value is -3.94. The van der Waals surface area contributed by atoms with Gasteiger partial charge in [0.25, 0.3) is 5.56 Å². The molecule has 0 saturated heterocycles. The zero-order valence-electron chi connectivity index (χ0n) is 15.8. The number of aromatic nitrogens is 4. The Kier molecular flexibility index (Phi) is 4.82. The molecule has 0 aliphatic carbocycles. The molecule has 0 atom stereocenters. The van der Waals surface area contributed by atoms with Gasteiger partial charge in [0.1, 0.15) is 29.3 Å². The minimum atomic E-state index is -0.598. The van der Waals surface area contributed by atoms with E-state index in [1.54, 1.807) is 0 Å². The third-order valence-corrected chi connectivity index (χ3v) is 4.39. The molecule has 0 saturated carbocycles. The molecule has 146 valence electrons. The second-order valence-electron chi connectivity index (χ2n) is 6.38. The number of hydrogen-bond donors (Lipinski definition) is 2. The van der Waals surface area contributed by atoms with Gasteiger partial charge in [0, 0.05) is 5.56 Å². The van der Waals surface area contributed by atoms with Crippen LogP contribution in [0.25, 0.3) is 33.7 Å². The van der Waals surface area contributed by atoms with Gasteiger partial charge in [-0.15, -0.1) is 0 Å². The summed E-state index contributed by atoms with van der Waals surface area (Å²) < 4.78 is 6.97. The molecule has 0 aliphatic heterocycles. The van der Waals surface area contributed by atoms with Gasteiger partial charge >= 0.3 is 0 Å². The van der Waals surface area contributed by atoms with Crippen molar-refractivity contribution in [3.63, 3.8) is 0 Å². The molecular weight excluding hydrogens is 370 g/mol. The number of para-hydroxylation sites is 1. The SMILES string of the molecule is CCOc1ccccc1-c1nc2c(-c3ccccc3)nn(CC(N)=O)c2c(=O)[nH]1. The molecule has 2 heterocycles. The number of carbonyl (C=O) groups excluding carboxylic acids is 1. The van der Waals surface area contributed by atoms with Crippen LogP contribution < -0.4 is 16.0 Å². The van der Waals surface area contributed by atoms with Crippen molar-refractivity contribution < 1.29 is 9.53 Å². The zero-order chi connectivity index (χ0) is 20.4. The average molecular weight is 389 g/mol. The van der Waals surface area contributed by atoms with Crippen molar-refractivity contribution in [2.45, 2.75) is 13.5 Å². The Morgan fingerprint density at radius 2 is 1.86 bits per heavy atom. The first-order valence-corrected chi connectivity index (χ1v) is 9.15. The summed E-state index contributed by atoms with van der Waals surface area (Å²) in [5, 5.41) is 4.46. The van der Waals surface area contributed by atoms with Crippen molar-refractivity contribution in [3.8, 4) is 28.4 Å². The number of primary amides is 1. The van der Waals surface area contributed by atoms with E-state index in [-0.39, 0.29) is 12.1 Å². The van der Waals surface area contributed by atoms with Gasteiger partial charge in [-0.1, -0.05) is 42.5 Å². The van der Waals surface area contributed by atoms with Crippen molar-refractivity contribution >= 4 is 16.9 Å². The van der Waals surface area contributed by atoms with E-state index in [0.717, 1.165) is 5.56 Å². The number of H-pyrrole nitrogens is 1. The predicted molar refractivity (Wildman–Crippen MR) is 109 cm³/mol. The highest BCUT2D eigenvalue weighted by atomic mass is 16.5. The maximum atomic E-state index is 12.9. The second kappa shape index (κ2) is 7.59. The number of aromatic amines is 1. The smallest absolute Gasteiger partial charge is 0.277 e. The normalized spacial score (nSPS) is 10.9. The molecule has 1 amide bonds. The Labute approximate surface area is 166 Å². The summed E-state index contributed by atoms with van der Waals surface area (Å²) in [7, 11) is 0. The molecule has 2 aromatic heterocycles. The number of amides is 1. The van der Waals surface area contributed by atoms with Gasteiger partial charge < -0.3 is 15.5 Å². The lowest BCUT2D eigenvalue weighted by atomic mass is 10.1. The number of carbonyl (C=O) groups is 1. The van der Waals surface area contributed by atoms with E-state index in [4.69, 9.17) is 10.5 Å². The molecule has 8 heteroatoms. The summed E-state index contributed by atoms with van der Waals surface area (Å²) in [6.45, 7) is 2.15.